The van der Waals surface area contributed by atoms with Gasteiger partial charge in [0.05, 0.1) is 17.5 Å². The Morgan fingerprint density at radius 2 is 1.78 bits per heavy atom. The number of aromatic nitrogens is 2. The molecule has 0 saturated carbocycles. The van der Waals surface area contributed by atoms with E-state index >= 15 is 0 Å². The highest BCUT2D eigenvalue weighted by atomic mass is 32.1. The largest absolute Gasteiger partial charge is 0.507 e. The summed E-state index contributed by atoms with van der Waals surface area (Å²) >= 11 is 5.11. The number of hydrazone groups is 1. The molecule has 136 valence electrons. The molecule has 0 fully saturated rings. The van der Waals surface area contributed by atoms with E-state index in [4.69, 9.17) is 12.2 Å². The molecule has 3 rings (SSSR count). The van der Waals surface area contributed by atoms with Gasteiger partial charge in [0, 0.05) is 0 Å². The number of rotatable bonds is 4. The van der Waals surface area contributed by atoms with Crippen molar-refractivity contribution in [3.63, 3.8) is 0 Å². The SMILES string of the molecule is O=C(N/N=C/c1c(O)n(-c2ccccc2)c(=S)[nH]c1=O)c1ccccc1O. The van der Waals surface area contributed by atoms with Crippen LogP contribution >= 0.6 is 12.2 Å². The molecule has 9 heteroatoms. The number of nitrogens with zero attached hydrogens (tertiary/aromatic N) is 2. The van der Waals surface area contributed by atoms with Crippen LogP contribution in [0.15, 0.2) is 64.5 Å². The maximum absolute atomic E-state index is 12.1. The van der Waals surface area contributed by atoms with E-state index in [1.54, 1.807) is 42.5 Å². The fourth-order valence-corrected chi connectivity index (χ4v) is 2.64. The monoisotopic (exact) mass is 382 g/mol. The number of phenolic OH excluding ortho intramolecular Hbond substituents is 1. The second-order valence-electron chi connectivity index (χ2n) is 5.38. The van der Waals surface area contributed by atoms with Gasteiger partial charge in [-0.05, 0) is 36.5 Å². The minimum Gasteiger partial charge on any atom is -0.507 e. The molecule has 1 aromatic heterocycles. The number of aromatic hydroxyl groups is 2. The lowest BCUT2D eigenvalue weighted by molar-refractivity contribution is 0.0952. The summed E-state index contributed by atoms with van der Waals surface area (Å²) in [5, 5.41) is 23.8. The van der Waals surface area contributed by atoms with Gasteiger partial charge in [-0.15, -0.1) is 0 Å². The van der Waals surface area contributed by atoms with Crippen molar-refractivity contribution in [3.8, 4) is 17.3 Å². The molecule has 0 saturated heterocycles. The number of carbonyl (C=O) groups excluding carboxylic acids is 1. The molecule has 0 unspecified atom stereocenters. The highest BCUT2D eigenvalue weighted by molar-refractivity contribution is 7.71. The maximum Gasteiger partial charge on any atom is 0.275 e. The van der Waals surface area contributed by atoms with Gasteiger partial charge in [0.1, 0.15) is 11.3 Å². The molecule has 0 radical (unpaired) electrons. The first-order chi connectivity index (χ1) is 13.0. The predicted octanol–water partition coefficient (Wildman–Crippen LogP) is 2.07. The van der Waals surface area contributed by atoms with Crippen LogP contribution < -0.4 is 11.0 Å². The number of carbonyl (C=O) groups is 1. The number of nitrogens with one attached hydrogen (secondary N) is 2. The molecule has 2 aromatic carbocycles. The van der Waals surface area contributed by atoms with Crippen LogP contribution in [0.4, 0.5) is 0 Å². The smallest absolute Gasteiger partial charge is 0.275 e. The summed E-state index contributed by atoms with van der Waals surface area (Å²) in [6, 6.07) is 14.6. The van der Waals surface area contributed by atoms with Crippen molar-refractivity contribution in [1.29, 1.82) is 0 Å². The Kier molecular flexibility index (Phi) is 5.13. The average molecular weight is 382 g/mol. The minimum atomic E-state index is -0.670. The Balaban J connectivity index is 1.92. The normalized spacial score (nSPS) is 10.8. The van der Waals surface area contributed by atoms with Gasteiger partial charge in [0.2, 0.25) is 5.88 Å². The number of hydrogen-bond acceptors (Lipinski definition) is 6. The number of hydrogen-bond donors (Lipinski definition) is 4. The van der Waals surface area contributed by atoms with Gasteiger partial charge in [0.15, 0.2) is 4.77 Å². The Morgan fingerprint density at radius 1 is 1.11 bits per heavy atom. The van der Waals surface area contributed by atoms with E-state index < -0.39 is 17.3 Å². The summed E-state index contributed by atoms with van der Waals surface area (Å²) < 4.78 is 1.28. The summed E-state index contributed by atoms with van der Waals surface area (Å²) in [4.78, 5) is 26.6. The predicted molar refractivity (Wildman–Crippen MR) is 102 cm³/mol. The third kappa shape index (κ3) is 3.77. The molecule has 27 heavy (non-hydrogen) atoms. The Morgan fingerprint density at radius 3 is 2.48 bits per heavy atom. The van der Waals surface area contributed by atoms with Crippen molar-refractivity contribution in [1.82, 2.24) is 15.0 Å². The minimum absolute atomic E-state index is 0.0130. The molecular weight excluding hydrogens is 368 g/mol. The van der Waals surface area contributed by atoms with E-state index in [0.717, 1.165) is 6.21 Å². The number of phenols is 1. The van der Waals surface area contributed by atoms with Gasteiger partial charge in [0.25, 0.3) is 11.5 Å². The average Bonchev–Trinajstić information content (AvgIpc) is 2.65. The fraction of sp³-hybridized carbons (Fsp3) is 0. The standard InChI is InChI=1S/C18H14N4O4S/c23-14-9-5-4-8-12(14)16(25)21-19-10-13-15(24)20-18(27)22(17(13)26)11-6-2-1-3-7-11/h1-10,23,26H,(H,21,25)(H,20,24,27)/b19-10+. The van der Waals surface area contributed by atoms with E-state index in [1.807, 2.05) is 0 Å². The molecule has 1 amide bonds. The lowest BCUT2D eigenvalue weighted by atomic mass is 10.2. The third-order valence-corrected chi connectivity index (χ3v) is 3.93. The summed E-state index contributed by atoms with van der Waals surface area (Å²) in [5.41, 5.74) is 1.90. The first-order valence-corrected chi connectivity index (χ1v) is 8.15. The number of para-hydroxylation sites is 2. The number of amides is 1. The van der Waals surface area contributed by atoms with Crippen molar-refractivity contribution >= 4 is 24.3 Å². The highest BCUT2D eigenvalue weighted by Crippen LogP contribution is 2.18. The number of benzene rings is 2. The molecule has 0 aliphatic heterocycles. The van der Waals surface area contributed by atoms with Crippen LogP contribution in [0.25, 0.3) is 5.69 Å². The van der Waals surface area contributed by atoms with Gasteiger partial charge in [-0.3, -0.25) is 19.1 Å². The van der Waals surface area contributed by atoms with Gasteiger partial charge >= 0.3 is 0 Å². The summed E-state index contributed by atoms with van der Waals surface area (Å²) in [6.07, 6.45) is 1.00. The van der Waals surface area contributed by atoms with Gasteiger partial charge in [-0.1, -0.05) is 30.3 Å². The van der Waals surface area contributed by atoms with Crippen molar-refractivity contribution in [3.05, 3.63) is 80.8 Å². The molecular formula is C18H14N4O4S. The lowest BCUT2D eigenvalue weighted by Gasteiger charge is -2.10. The molecule has 4 N–H and O–H groups in total. The zero-order valence-corrected chi connectivity index (χ0v) is 14.6. The molecule has 0 spiro atoms. The van der Waals surface area contributed by atoms with Crippen LogP contribution in [0.2, 0.25) is 0 Å². The van der Waals surface area contributed by atoms with Crippen LogP contribution in [-0.4, -0.2) is 31.9 Å². The highest BCUT2D eigenvalue weighted by Gasteiger charge is 2.13. The molecule has 1 heterocycles. The van der Waals surface area contributed by atoms with E-state index in [0.29, 0.717) is 5.69 Å². The topological polar surface area (TPSA) is 120 Å². The first kappa shape index (κ1) is 18.1. The molecule has 3 aromatic rings. The van der Waals surface area contributed by atoms with Crippen LogP contribution in [0.5, 0.6) is 11.6 Å². The third-order valence-electron chi connectivity index (χ3n) is 3.64. The summed E-state index contributed by atoms with van der Waals surface area (Å²) in [7, 11) is 0. The summed E-state index contributed by atoms with van der Waals surface area (Å²) in [5.74, 6) is -1.30. The van der Waals surface area contributed by atoms with E-state index in [9.17, 15) is 19.8 Å². The van der Waals surface area contributed by atoms with Crippen LogP contribution in [0.3, 0.4) is 0 Å². The Hall–Kier alpha value is -3.72. The Bertz CT molecular complexity index is 1140. The van der Waals surface area contributed by atoms with Crippen LogP contribution in [-0.2, 0) is 0 Å². The number of H-pyrrole nitrogens is 1. The van der Waals surface area contributed by atoms with Crippen LogP contribution in [0, 0.1) is 4.77 Å². The van der Waals surface area contributed by atoms with Gasteiger partial charge in [-0.2, -0.15) is 5.10 Å². The maximum atomic E-state index is 12.1. The van der Waals surface area contributed by atoms with Gasteiger partial charge < -0.3 is 10.2 Å². The Labute approximate surface area is 158 Å². The zero-order chi connectivity index (χ0) is 19.4. The lowest BCUT2D eigenvalue weighted by Crippen LogP contribution is -2.21. The quantitative estimate of drug-likeness (QED) is 0.313. The van der Waals surface area contributed by atoms with Gasteiger partial charge in [-0.25, -0.2) is 5.43 Å². The van der Waals surface area contributed by atoms with E-state index in [-0.39, 0.29) is 21.6 Å². The second kappa shape index (κ2) is 7.67. The van der Waals surface area contributed by atoms with E-state index in [1.165, 1.54) is 16.7 Å². The molecule has 0 aliphatic carbocycles. The molecule has 0 atom stereocenters. The van der Waals surface area contributed by atoms with Crippen molar-refractivity contribution < 1.29 is 15.0 Å². The fourth-order valence-electron chi connectivity index (χ4n) is 2.35. The van der Waals surface area contributed by atoms with Crippen molar-refractivity contribution in [2.45, 2.75) is 0 Å². The van der Waals surface area contributed by atoms with Crippen molar-refractivity contribution in [2.24, 2.45) is 5.10 Å². The summed E-state index contributed by atoms with van der Waals surface area (Å²) in [6.45, 7) is 0. The molecule has 0 bridgehead atoms. The molecule has 0 aliphatic rings. The van der Waals surface area contributed by atoms with Crippen molar-refractivity contribution in [2.75, 3.05) is 0 Å². The second-order valence-corrected chi connectivity index (χ2v) is 5.77. The van der Waals surface area contributed by atoms with Crippen LogP contribution in [0.1, 0.15) is 15.9 Å². The zero-order valence-electron chi connectivity index (χ0n) is 13.8. The van der Waals surface area contributed by atoms with E-state index in [2.05, 4.69) is 15.5 Å². The molecule has 8 nitrogen and oxygen atoms in total. The first-order valence-electron chi connectivity index (χ1n) is 7.74. The number of aromatic amines is 1.